The van der Waals surface area contributed by atoms with Gasteiger partial charge in [0.15, 0.2) is 0 Å². The molecule has 0 bridgehead atoms. The molecule has 2 heterocycles. The van der Waals surface area contributed by atoms with E-state index in [0.29, 0.717) is 24.9 Å². The van der Waals surface area contributed by atoms with Gasteiger partial charge in [-0.3, -0.25) is 9.59 Å². The highest BCUT2D eigenvalue weighted by molar-refractivity contribution is 5.80. The third kappa shape index (κ3) is 3.76. The SMILES string of the molecule is NC(=O)C1CCCN(C(=O)Cn2nc(-c3ccc(F)cc3)oc2=O)C1. The number of benzene rings is 1. The fraction of sp³-hybridized carbons (Fsp3) is 0.375. The summed E-state index contributed by atoms with van der Waals surface area (Å²) in [5, 5.41) is 3.97. The number of hydrogen-bond donors (Lipinski definition) is 1. The summed E-state index contributed by atoms with van der Waals surface area (Å²) in [6.45, 7) is 0.445. The summed E-state index contributed by atoms with van der Waals surface area (Å²) in [5.74, 6) is -2.35. The third-order valence-electron chi connectivity index (χ3n) is 4.16. The molecule has 132 valence electrons. The van der Waals surface area contributed by atoms with Gasteiger partial charge in [-0.15, -0.1) is 5.10 Å². The Hall–Kier alpha value is -2.97. The number of hydrogen-bond acceptors (Lipinski definition) is 5. The van der Waals surface area contributed by atoms with Gasteiger partial charge in [0.05, 0.1) is 5.92 Å². The van der Waals surface area contributed by atoms with Crippen LogP contribution in [0.5, 0.6) is 0 Å². The van der Waals surface area contributed by atoms with Gasteiger partial charge in [0.2, 0.25) is 17.7 Å². The van der Waals surface area contributed by atoms with Gasteiger partial charge in [-0.2, -0.15) is 4.68 Å². The zero-order valence-electron chi connectivity index (χ0n) is 13.4. The number of halogens is 1. The lowest BCUT2D eigenvalue weighted by atomic mass is 9.97. The number of carbonyl (C=O) groups is 2. The molecule has 9 heteroatoms. The minimum Gasteiger partial charge on any atom is -0.388 e. The first-order valence-electron chi connectivity index (χ1n) is 7.85. The molecule has 0 spiro atoms. The maximum absolute atomic E-state index is 13.0. The van der Waals surface area contributed by atoms with E-state index in [1.54, 1.807) is 0 Å². The lowest BCUT2D eigenvalue weighted by Gasteiger charge is -2.31. The van der Waals surface area contributed by atoms with Crippen molar-refractivity contribution in [2.75, 3.05) is 13.1 Å². The van der Waals surface area contributed by atoms with Gasteiger partial charge >= 0.3 is 5.76 Å². The molecule has 1 atom stereocenters. The minimum absolute atomic E-state index is 0.00598. The van der Waals surface area contributed by atoms with E-state index in [2.05, 4.69) is 5.10 Å². The average molecular weight is 348 g/mol. The molecule has 3 rings (SSSR count). The average Bonchev–Trinajstić information content (AvgIpc) is 2.96. The van der Waals surface area contributed by atoms with Crippen molar-refractivity contribution in [3.63, 3.8) is 0 Å². The molecule has 2 N–H and O–H groups in total. The van der Waals surface area contributed by atoms with E-state index >= 15 is 0 Å². The monoisotopic (exact) mass is 348 g/mol. The molecule has 1 aliphatic heterocycles. The Balaban J connectivity index is 1.72. The normalized spacial score (nSPS) is 17.5. The molecule has 1 aromatic heterocycles. The van der Waals surface area contributed by atoms with Crippen molar-refractivity contribution in [2.45, 2.75) is 19.4 Å². The molecule has 1 aromatic carbocycles. The number of nitrogens with zero attached hydrogens (tertiary/aromatic N) is 3. The van der Waals surface area contributed by atoms with Crippen LogP contribution in [0.15, 0.2) is 33.5 Å². The van der Waals surface area contributed by atoms with Crippen LogP contribution in [0.25, 0.3) is 11.5 Å². The first kappa shape index (κ1) is 16.9. The molecule has 8 nitrogen and oxygen atoms in total. The van der Waals surface area contributed by atoms with Crippen molar-refractivity contribution >= 4 is 11.8 Å². The second kappa shape index (κ2) is 6.88. The van der Waals surface area contributed by atoms with Gasteiger partial charge in [-0.1, -0.05) is 0 Å². The van der Waals surface area contributed by atoms with E-state index < -0.39 is 17.5 Å². The molecular weight excluding hydrogens is 331 g/mol. The van der Waals surface area contributed by atoms with Crippen LogP contribution in [0.2, 0.25) is 0 Å². The van der Waals surface area contributed by atoms with Crippen LogP contribution in [-0.2, 0) is 16.1 Å². The topological polar surface area (TPSA) is 111 Å². The van der Waals surface area contributed by atoms with Gasteiger partial charge in [0.1, 0.15) is 12.4 Å². The van der Waals surface area contributed by atoms with Crippen LogP contribution >= 0.6 is 0 Å². The number of amides is 2. The molecule has 1 saturated heterocycles. The van der Waals surface area contributed by atoms with Gasteiger partial charge in [0.25, 0.3) is 0 Å². The molecule has 2 aromatic rings. The Bertz CT molecular complexity index is 843. The highest BCUT2D eigenvalue weighted by Gasteiger charge is 2.27. The van der Waals surface area contributed by atoms with Crippen molar-refractivity contribution in [2.24, 2.45) is 11.7 Å². The molecule has 25 heavy (non-hydrogen) atoms. The lowest BCUT2D eigenvalue weighted by Crippen LogP contribution is -2.45. The summed E-state index contributed by atoms with van der Waals surface area (Å²) in [4.78, 5) is 37.0. The number of carbonyl (C=O) groups excluding carboxylic acids is 2. The summed E-state index contributed by atoms with van der Waals surface area (Å²) in [7, 11) is 0. The standard InChI is InChI=1S/C16H17FN4O4/c17-12-5-3-10(4-6-12)15-19-21(16(24)25-15)9-13(22)20-7-1-2-11(8-20)14(18)23/h3-6,11H,1-2,7-9H2,(H2,18,23). The van der Waals surface area contributed by atoms with Crippen molar-refractivity contribution in [3.05, 3.63) is 40.6 Å². The van der Waals surface area contributed by atoms with Crippen LogP contribution in [0.4, 0.5) is 4.39 Å². The maximum Gasteiger partial charge on any atom is 0.437 e. The van der Waals surface area contributed by atoms with Crippen molar-refractivity contribution < 1.29 is 18.4 Å². The Kier molecular flexibility index (Phi) is 4.64. The number of likely N-dealkylation sites (tertiary alicyclic amines) is 1. The molecule has 2 amide bonds. The molecule has 0 aliphatic carbocycles. The van der Waals surface area contributed by atoms with Gasteiger partial charge < -0.3 is 15.1 Å². The van der Waals surface area contributed by atoms with Crippen LogP contribution in [0.3, 0.4) is 0 Å². The summed E-state index contributed by atoms with van der Waals surface area (Å²) >= 11 is 0. The zero-order chi connectivity index (χ0) is 18.0. The first-order valence-corrected chi connectivity index (χ1v) is 7.85. The van der Waals surface area contributed by atoms with Gasteiger partial charge in [0, 0.05) is 18.7 Å². The van der Waals surface area contributed by atoms with Crippen LogP contribution in [-0.4, -0.2) is 39.6 Å². The Morgan fingerprint density at radius 3 is 2.72 bits per heavy atom. The molecule has 0 saturated carbocycles. The highest BCUT2D eigenvalue weighted by Crippen LogP contribution is 2.17. The van der Waals surface area contributed by atoms with E-state index in [4.69, 9.17) is 10.2 Å². The third-order valence-corrected chi connectivity index (χ3v) is 4.16. The van der Waals surface area contributed by atoms with E-state index in [0.717, 1.165) is 4.68 Å². The minimum atomic E-state index is -0.781. The van der Waals surface area contributed by atoms with Crippen molar-refractivity contribution in [3.8, 4) is 11.5 Å². The first-order chi connectivity index (χ1) is 11.9. The van der Waals surface area contributed by atoms with Crippen LogP contribution in [0.1, 0.15) is 12.8 Å². The predicted molar refractivity (Wildman–Crippen MR) is 84.7 cm³/mol. The molecule has 1 fully saturated rings. The summed E-state index contributed by atoms with van der Waals surface area (Å²) in [6.07, 6.45) is 1.33. The molecular formula is C16H17FN4O4. The highest BCUT2D eigenvalue weighted by atomic mass is 19.1. The molecule has 1 unspecified atom stereocenters. The molecule has 0 radical (unpaired) electrons. The van der Waals surface area contributed by atoms with Crippen LogP contribution < -0.4 is 11.5 Å². The number of piperidine rings is 1. The summed E-state index contributed by atoms with van der Waals surface area (Å²) in [6, 6.07) is 5.29. The van der Waals surface area contributed by atoms with E-state index in [9.17, 15) is 18.8 Å². The number of aromatic nitrogens is 2. The van der Waals surface area contributed by atoms with Gasteiger partial charge in [-0.25, -0.2) is 9.18 Å². The van der Waals surface area contributed by atoms with Crippen LogP contribution in [0, 0.1) is 11.7 Å². The maximum atomic E-state index is 13.0. The predicted octanol–water partition coefficient (Wildman–Crippen LogP) is 0.366. The number of rotatable bonds is 4. The largest absolute Gasteiger partial charge is 0.437 e. The van der Waals surface area contributed by atoms with Crippen molar-refractivity contribution in [1.82, 2.24) is 14.7 Å². The zero-order valence-corrected chi connectivity index (χ0v) is 13.4. The second-order valence-corrected chi connectivity index (χ2v) is 5.92. The van der Waals surface area contributed by atoms with E-state index in [-0.39, 0.29) is 30.8 Å². The van der Waals surface area contributed by atoms with Crippen molar-refractivity contribution in [1.29, 1.82) is 0 Å². The Morgan fingerprint density at radius 1 is 1.32 bits per heavy atom. The summed E-state index contributed by atoms with van der Waals surface area (Å²) < 4.78 is 18.9. The number of nitrogens with two attached hydrogens (primary N) is 1. The lowest BCUT2D eigenvalue weighted by molar-refractivity contribution is -0.135. The van der Waals surface area contributed by atoms with E-state index in [1.807, 2.05) is 0 Å². The fourth-order valence-corrected chi connectivity index (χ4v) is 2.78. The molecule has 1 aliphatic rings. The Morgan fingerprint density at radius 2 is 2.04 bits per heavy atom. The quantitative estimate of drug-likeness (QED) is 0.858. The van der Waals surface area contributed by atoms with E-state index in [1.165, 1.54) is 29.2 Å². The van der Waals surface area contributed by atoms with Gasteiger partial charge in [-0.05, 0) is 37.1 Å². The fourth-order valence-electron chi connectivity index (χ4n) is 2.78. The number of primary amides is 1. The smallest absolute Gasteiger partial charge is 0.388 e. The Labute approximate surface area is 142 Å². The second-order valence-electron chi connectivity index (χ2n) is 5.92. The summed E-state index contributed by atoms with van der Waals surface area (Å²) in [5.41, 5.74) is 5.73.